The minimum atomic E-state index is -3.47. The highest BCUT2D eigenvalue weighted by atomic mass is 32.2. The van der Waals surface area contributed by atoms with Crippen LogP contribution >= 0.6 is 0 Å². The van der Waals surface area contributed by atoms with E-state index < -0.39 is 10.0 Å². The average molecular weight is 416 g/mol. The molecule has 2 aromatic rings. The van der Waals surface area contributed by atoms with Crippen molar-refractivity contribution in [2.75, 3.05) is 26.6 Å². The van der Waals surface area contributed by atoms with Gasteiger partial charge in [0.25, 0.3) is 0 Å². The van der Waals surface area contributed by atoms with Crippen LogP contribution in [0.5, 0.6) is 11.5 Å². The minimum absolute atomic E-state index is 0.0213. The van der Waals surface area contributed by atoms with Crippen LogP contribution < -0.4 is 9.47 Å². The Balaban J connectivity index is 1.54. The first-order chi connectivity index (χ1) is 14.1. The van der Waals surface area contributed by atoms with Crippen molar-refractivity contribution < 1.29 is 22.6 Å². The van der Waals surface area contributed by atoms with Gasteiger partial charge in [0.2, 0.25) is 16.8 Å². The van der Waals surface area contributed by atoms with Crippen molar-refractivity contribution in [3.8, 4) is 11.5 Å². The molecule has 154 valence electrons. The maximum Gasteiger partial charge on any atom is 0.231 e. The lowest BCUT2D eigenvalue weighted by atomic mass is 9.82. The van der Waals surface area contributed by atoms with E-state index in [-0.39, 0.29) is 24.5 Å². The molecule has 1 atom stereocenters. The third-order valence-electron chi connectivity index (χ3n) is 6.13. The van der Waals surface area contributed by atoms with Gasteiger partial charge in [-0.2, -0.15) is 4.31 Å². The summed E-state index contributed by atoms with van der Waals surface area (Å²) < 4.78 is 45.4. The lowest BCUT2D eigenvalue weighted by Crippen LogP contribution is -2.44. The van der Waals surface area contributed by atoms with Crippen LogP contribution in [0, 0.1) is 5.92 Å². The first-order valence-electron chi connectivity index (χ1n) is 10.2. The van der Waals surface area contributed by atoms with Gasteiger partial charge in [0.05, 0.1) is 11.8 Å². The van der Waals surface area contributed by atoms with Gasteiger partial charge in [-0.15, -0.1) is 0 Å². The lowest BCUT2D eigenvalue weighted by Gasteiger charge is -2.42. The summed E-state index contributed by atoms with van der Waals surface area (Å²) in [5, 5.41) is 0. The molecule has 0 N–H and O–H groups in total. The van der Waals surface area contributed by atoms with Crippen LogP contribution in [-0.2, 0) is 26.9 Å². The van der Waals surface area contributed by atoms with Crippen molar-refractivity contribution in [2.45, 2.75) is 31.1 Å². The quantitative estimate of drug-likeness (QED) is 0.767. The van der Waals surface area contributed by atoms with Crippen molar-refractivity contribution in [1.29, 1.82) is 0 Å². The number of ether oxygens (including phenoxy) is 3. The standard InChI is InChI=1S/C22H25NO5S/c24-29(25,14-16-4-2-1-3-5-16)23-9-6-18-12-20-21(28-15-27-20)13-19(18)22(23)17-7-10-26-11-8-17/h1-5,12-13,17,22H,6-11,14-15H2/t22-/m1/s1. The molecule has 0 spiro atoms. The Kier molecular flexibility index (Phi) is 4.97. The molecule has 7 heteroatoms. The maximum absolute atomic E-state index is 13.5. The summed E-state index contributed by atoms with van der Waals surface area (Å²) in [7, 11) is -3.47. The van der Waals surface area contributed by atoms with Crippen molar-refractivity contribution >= 4 is 10.0 Å². The molecular weight excluding hydrogens is 390 g/mol. The third-order valence-corrected chi connectivity index (χ3v) is 7.95. The van der Waals surface area contributed by atoms with Crippen molar-refractivity contribution in [3.63, 3.8) is 0 Å². The number of fused-ring (bicyclic) bond motifs is 2. The minimum Gasteiger partial charge on any atom is -0.454 e. The van der Waals surface area contributed by atoms with Gasteiger partial charge in [-0.1, -0.05) is 30.3 Å². The van der Waals surface area contributed by atoms with E-state index >= 15 is 0 Å². The fourth-order valence-corrected chi connectivity index (χ4v) is 6.50. The van der Waals surface area contributed by atoms with Crippen LogP contribution in [-0.4, -0.2) is 39.3 Å². The predicted octanol–water partition coefficient (Wildman–Crippen LogP) is 3.27. The van der Waals surface area contributed by atoms with E-state index in [9.17, 15) is 8.42 Å². The van der Waals surface area contributed by atoms with Gasteiger partial charge in [-0.05, 0) is 54.0 Å². The Hall–Kier alpha value is -2.09. The SMILES string of the molecule is O=S(=O)(Cc1ccccc1)N1CCc2cc3c(cc2[C@H]1C1CCOCC1)OCO3. The van der Waals surface area contributed by atoms with Crippen LogP contribution in [0.25, 0.3) is 0 Å². The van der Waals surface area contributed by atoms with Crippen LogP contribution in [0.15, 0.2) is 42.5 Å². The van der Waals surface area contributed by atoms with Gasteiger partial charge in [-0.3, -0.25) is 0 Å². The molecule has 0 aliphatic carbocycles. The second-order valence-corrected chi connectivity index (χ2v) is 9.82. The van der Waals surface area contributed by atoms with Gasteiger partial charge in [0.1, 0.15) is 0 Å². The van der Waals surface area contributed by atoms with Crippen molar-refractivity contribution in [3.05, 3.63) is 59.2 Å². The van der Waals surface area contributed by atoms with E-state index in [0.29, 0.717) is 31.9 Å². The topological polar surface area (TPSA) is 65.1 Å². The molecule has 0 aromatic heterocycles. The van der Waals surface area contributed by atoms with Crippen LogP contribution in [0.1, 0.15) is 35.6 Å². The molecular formula is C22H25NO5S. The Bertz CT molecular complexity index is 986. The van der Waals surface area contributed by atoms with Crippen LogP contribution in [0.4, 0.5) is 0 Å². The van der Waals surface area contributed by atoms with Gasteiger partial charge in [0, 0.05) is 19.8 Å². The van der Waals surface area contributed by atoms with Gasteiger partial charge >= 0.3 is 0 Å². The molecule has 2 aromatic carbocycles. The zero-order valence-electron chi connectivity index (χ0n) is 16.2. The molecule has 0 amide bonds. The van der Waals surface area contributed by atoms with E-state index in [1.165, 1.54) is 0 Å². The monoisotopic (exact) mass is 415 g/mol. The van der Waals surface area contributed by atoms with Gasteiger partial charge in [-0.25, -0.2) is 8.42 Å². The summed E-state index contributed by atoms with van der Waals surface area (Å²) in [5.41, 5.74) is 3.04. The number of sulfonamides is 1. The predicted molar refractivity (Wildman–Crippen MR) is 108 cm³/mol. The highest BCUT2D eigenvalue weighted by molar-refractivity contribution is 7.88. The molecule has 0 saturated carbocycles. The summed E-state index contributed by atoms with van der Waals surface area (Å²) in [6.07, 6.45) is 2.39. The summed E-state index contributed by atoms with van der Waals surface area (Å²) >= 11 is 0. The number of benzene rings is 2. The Labute approximate surface area is 171 Å². The zero-order chi connectivity index (χ0) is 19.8. The van der Waals surface area contributed by atoms with Crippen molar-refractivity contribution in [1.82, 2.24) is 4.31 Å². The molecule has 3 aliphatic heterocycles. The molecule has 0 bridgehead atoms. The molecule has 3 aliphatic rings. The second-order valence-electron chi connectivity index (χ2n) is 7.90. The Morgan fingerprint density at radius 3 is 2.48 bits per heavy atom. The zero-order valence-corrected chi connectivity index (χ0v) is 17.1. The highest BCUT2D eigenvalue weighted by Crippen LogP contribution is 2.46. The first kappa shape index (κ1) is 18.9. The molecule has 29 heavy (non-hydrogen) atoms. The molecule has 3 heterocycles. The first-order valence-corrected chi connectivity index (χ1v) is 11.8. The molecule has 0 radical (unpaired) electrons. The fourth-order valence-electron chi connectivity index (χ4n) is 4.72. The van der Waals surface area contributed by atoms with E-state index in [1.54, 1.807) is 4.31 Å². The van der Waals surface area contributed by atoms with Crippen LogP contribution in [0.3, 0.4) is 0 Å². The molecule has 6 nitrogen and oxygen atoms in total. The lowest BCUT2D eigenvalue weighted by molar-refractivity contribution is 0.0397. The number of rotatable bonds is 4. The summed E-state index contributed by atoms with van der Waals surface area (Å²) in [5.74, 6) is 1.72. The second kappa shape index (κ2) is 7.63. The smallest absolute Gasteiger partial charge is 0.231 e. The molecule has 1 fully saturated rings. The number of hydrogen-bond acceptors (Lipinski definition) is 5. The summed E-state index contributed by atoms with van der Waals surface area (Å²) in [4.78, 5) is 0. The molecule has 1 saturated heterocycles. The average Bonchev–Trinajstić information content (AvgIpc) is 3.19. The summed E-state index contributed by atoms with van der Waals surface area (Å²) in [6.45, 7) is 2.06. The van der Waals surface area contributed by atoms with E-state index in [0.717, 1.165) is 35.3 Å². The maximum atomic E-state index is 13.5. The normalized spacial score (nSPS) is 22.4. The van der Waals surface area contributed by atoms with Gasteiger partial charge < -0.3 is 14.2 Å². The fraction of sp³-hybridized carbons (Fsp3) is 0.455. The van der Waals surface area contributed by atoms with E-state index in [1.807, 2.05) is 42.5 Å². The van der Waals surface area contributed by atoms with Gasteiger partial charge in [0.15, 0.2) is 11.5 Å². The number of hydrogen-bond donors (Lipinski definition) is 0. The Morgan fingerprint density at radius 2 is 1.72 bits per heavy atom. The van der Waals surface area contributed by atoms with E-state index in [4.69, 9.17) is 14.2 Å². The summed E-state index contributed by atoms with van der Waals surface area (Å²) in [6, 6.07) is 13.3. The third kappa shape index (κ3) is 3.63. The number of nitrogens with zero attached hydrogens (tertiary/aromatic N) is 1. The molecule has 5 rings (SSSR count). The van der Waals surface area contributed by atoms with Crippen molar-refractivity contribution in [2.24, 2.45) is 5.92 Å². The van der Waals surface area contributed by atoms with Crippen LogP contribution in [0.2, 0.25) is 0 Å². The largest absolute Gasteiger partial charge is 0.454 e. The molecule has 0 unspecified atom stereocenters. The Morgan fingerprint density at radius 1 is 1.00 bits per heavy atom. The highest BCUT2D eigenvalue weighted by Gasteiger charge is 2.41. The van der Waals surface area contributed by atoms with E-state index in [2.05, 4.69) is 0 Å².